The molecule has 0 saturated heterocycles. The van der Waals surface area contributed by atoms with Crippen molar-refractivity contribution in [2.45, 2.75) is 65.8 Å². The number of thiazole rings is 1. The molecule has 0 aliphatic carbocycles. The molecule has 0 bridgehead atoms. The third-order valence-electron chi connectivity index (χ3n) is 3.74. The van der Waals surface area contributed by atoms with Crippen LogP contribution >= 0.6 is 35.3 Å². The molecule has 9 heteroatoms. The number of hydrogen-bond donors (Lipinski definition) is 2. The number of rotatable bonds is 9. The van der Waals surface area contributed by atoms with Crippen LogP contribution in [-0.2, 0) is 13.0 Å². The van der Waals surface area contributed by atoms with Gasteiger partial charge in [0.2, 0.25) is 5.89 Å². The molecule has 27 heavy (non-hydrogen) atoms. The summed E-state index contributed by atoms with van der Waals surface area (Å²) in [4.78, 5) is 13.6. The molecule has 7 nitrogen and oxygen atoms in total. The van der Waals surface area contributed by atoms with Gasteiger partial charge < -0.3 is 15.2 Å². The second-order valence-electron chi connectivity index (χ2n) is 6.75. The van der Waals surface area contributed by atoms with Crippen molar-refractivity contribution in [1.82, 2.24) is 25.8 Å². The fourth-order valence-corrected chi connectivity index (χ4v) is 3.08. The van der Waals surface area contributed by atoms with Crippen molar-refractivity contribution in [3.63, 3.8) is 0 Å². The topological polar surface area (TPSA) is 88.2 Å². The monoisotopic (exact) mass is 506 g/mol. The van der Waals surface area contributed by atoms with Crippen LogP contribution in [0.2, 0.25) is 0 Å². The first-order chi connectivity index (χ1) is 12.5. The maximum atomic E-state index is 5.27. The Bertz CT molecular complexity index is 698. The van der Waals surface area contributed by atoms with Gasteiger partial charge in [-0.1, -0.05) is 32.9 Å². The Morgan fingerprint density at radius 2 is 1.96 bits per heavy atom. The molecule has 2 N–H and O–H groups in total. The fourth-order valence-electron chi connectivity index (χ4n) is 2.20. The summed E-state index contributed by atoms with van der Waals surface area (Å²) in [5.74, 6) is 3.02. The highest BCUT2D eigenvalue weighted by molar-refractivity contribution is 14.0. The Labute approximate surface area is 182 Å². The quantitative estimate of drug-likeness (QED) is 0.231. The number of nitrogens with zero attached hydrogens (tertiary/aromatic N) is 4. The van der Waals surface area contributed by atoms with Crippen LogP contribution in [-0.4, -0.2) is 34.2 Å². The van der Waals surface area contributed by atoms with E-state index in [0.29, 0.717) is 24.3 Å². The van der Waals surface area contributed by atoms with Gasteiger partial charge in [-0.15, -0.1) is 35.3 Å². The summed E-state index contributed by atoms with van der Waals surface area (Å²) >= 11 is 1.67. The third kappa shape index (κ3) is 8.12. The second-order valence-corrected chi connectivity index (χ2v) is 7.69. The highest BCUT2D eigenvalue weighted by Crippen LogP contribution is 2.18. The van der Waals surface area contributed by atoms with Gasteiger partial charge in [0.1, 0.15) is 5.01 Å². The summed E-state index contributed by atoms with van der Waals surface area (Å²) in [6, 6.07) is 0. The van der Waals surface area contributed by atoms with Crippen LogP contribution in [0.4, 0.5) is 0 Å². The minimum absolute atomic E-state index is 0. The van der Waals surface area contributed by atoms with Gasteiger partial charge in [-0.2, -0.15) is 4.98 Å². The Balaban J connectivity index is 0.00000364. The second kappa shape index (κ2) is 12.3. The Hall–Kier alpha value is -1.23. The minimum Gasteiger partial charge on any atom is -0.357 e. The molecule has 0 unspecified atom stereocenters. The maximum Gasteiger partial charge on any atom is 0.226 e. The van der Waals surface area contributed by atoms with E-state index in [1.54, 1.807) is 11.3 Å². The van der Waals surface area contributed by atoms with E-state index in [4.69, 9.17) is 4.52 Å². The van der Waals surface area contributed by atoms with E-state index in [0.717, 1.165) is 48.4 Å². The van der Waals surface area contributed by atoms with Crippen molar-refractivity contribution in [3.05, 3.63) is 27.8 Å². The molecule has 2 heterocycles. The van der Waals surface area contributed by atoms with E-state index in [2.05, 4.69) is 70.7 Å². The highest BCUT2D eigenvalue weighted by Gasteiger charge is 2.09. The van der Waals surface area contributed by atoms with Crippen LogP contribution in [0.1, 0.15) is 75.3 Å². The van der Waals surface area contributed by atoms with Crippen molar-refractivity contribution >= 4 is 41.3 Å². The van der Waals surface area contributed by atoms with E-state index in [-0.39, 0.29) is 24.0 Å². The lowest BCUT2D eigenvalue weighted by Gasteiger charge is -2.10. The molecule has 0 fully saturated rings. The highest BCUT2D eigenvalue weighted by atomic mass is 127. The summed E-state index contributed by atoms with van der Waals surface area (Å²) in [5, 5.41) is 13.8. The van der Waals surface area contributed by atoms with E-state index in [1.165, 1.54) is 0 Å². The van der Waals surface area contributed by atoms with E-state index >= 15 is 0 Å². The van der Waals surface area contributed by atoms with Crippen molar-refractivity contribution < 1.29 is 4.52 Å². The summed E-state index contributed by atoms with van der Waals surface area (Å²) in [6.07, 6.45) is 1.66. The normalized spacial score (nSPS) is 11.7. The summed E-state index contributed by atoms with van der Waals surface area (Å²) in [7, 11) is 0. The lowest BCUT2D eigenvalue weighted by atomic mass is 10.2. The first kappa shape index (κ1) is 23.8. The molecule has 152 valence electrons. The molecular formula is C18H31IN6OS. The van der Waals surface area contributed by atoms with Crippen LogP contribution in [0.15, 0.2) is 14.9 Å². The van der Waals surface area contributed by atoms with Gasteiger partial charge >= 0.3 is 0 Å². The average molecular weight is 506 g/mol. The predicted octanol–water partition coefficient (Wildman–Crippen LogP) is 4.08. The minimum atomic E-state index is 0. The predicted molar refractivity (Wildman–Crippen MR) is 121 cm³/mol. The van der Waals surface area contributed by atoms with Crippen LogP contribution in [0.3, 0.4) is 0 Å². The Morgan fingerprint density at radius 3 is 2.56 bits per heavy atom. The molecule has 0 saturated carbocycles. The van der Waals surface area contributed by atoms with Gasteiger partial charge in [-0.3, -0.25) is 0 Å². The van der Waals surface area contributed by atoms with Crippen LogP contribution in [0.25, 0.3) is 0 Å². The third-order valence-corrected chi connectivity index (χ3v) is 4.59. The van der Waals surface area contributed by atoms with Gasteiger partial charge in [0.15, 0.2) is 11.8 Å². The summed E-state index contributed by atoms with van der Waals surface area (Å²) < 4.78 is 5.27. The number of nitrogens with one attached hydrogen (secondary N) is 2. The van der Waals surface area contributed by atoms with Gasteiger partial charge in [0.05, 0.1) is 12.2 Å². The number of hydrogen-bond acceptors (Lipinski definition) is 6. The summed E-state index contributed by atoms with van der Waals surface area (Å²) in [6.45, 7) is 12.7. The molecule has 0 atom stereocenters. The van der Waals surface area contributed by atoms with Crippen molar-refractivity contribution in [2.75, 3.05) is 13.1 Å². The SMILES string of the molecule is CCNC(=NCc1nc(C(C)C)cs1)NCCCc1nc(C(C)C)no1.I. The largest absolute Gasteiger partial charge is 0.357 e. The summed E-state index contributed by atoms with van der Waals surface area (Å²) in [5.41, 5.74) is 1.14. The fraction of sp³-hybridized carbons (Fsp3) is 0.667. The molecule has 2 aromatic heterocycles. The van der Waals surface area contributed by atoms with Crippen molar-refractivity contribution in [2.24, 2.45) is 4.99 Å². The zero-order valence-electron chi connectivity index (χ0n) is 16.8. The molecule has 0 radical (unpaired) electrons. The first-order valence-electron chi connectivity index (χ1n) is 9.28. The smallest absolute Gasteiger partial charge is 0.226 e. The Kier molecular flexibility index (Phi) is 10.8. The van der Waals surface area contributed by atoms with Crippen molar-refractivity contribution in [1.29, 1.82) is 0 Å². The van der Waals surface area contributed by atoms with Crippen LogP contribution in [0.5, 0.6) is 0 Å². The van der Waals surface area contributed by atoms with Crippen LogP contribution < -0.4 is 10.6 Å². The Morgan fingerprint density at radius 1 is 1.19 bits per heavy atom. The molecular weight excluding hydrogens is 475 g/mol. The molecule has 0 amide bonds. The molecule has 2 aromatic rings. The van der Waals surface area contributed by atoms with Gasteiger partial charge in [0.25, 0.3) is 0 Å². The van der Waals surface area contributed by atoms with E-state index in [1.807, 2.05) is 0 Å². The van der Waals surface area contributed by atoms with Gasteiger partial charge in [0, 0.05) is 30.8 Å². The zero-order chi connectivity index (χ0) is 18.9. The van der Waals surface area contributed by atoms with Crippen LogP contribution in [0, 0.1) is 0 Å². The number of guanidine groups is 1. The van der Waals surface area contributed by atoms with Gasteiger partial charge in [-0.05, 0) is 19.3 Å². The molecule has 0 aromatic carbocycles. The molecule has 0 spiro atoms. The lowest BCUT2D eigenvalue weighted by Crippen LogP contribution is -2.37. The lowest BCUT2D eigenvalue weighted by molar-refractivity contribution is 0.368. The maximum absolute atomic E-state index is 5.27. The number of aliphatic imine (C=N–C) groups is 1. The molecule has 2 rings (SSSR count). The number of aryl methyl sites for hydroxylation is 1. The average Bonchev–Trinajstić information content (AvgIpc) is 3.25. The van der Waals surface area contributed by atoms with E-state index in [9.17, 15) is 0 Å². The van der Waals surface area contributed by atoms with Gasteiger partial charge in [-0.25, -0.2) is 9.98 Å². The van der Waals surface area contributed by atoms with E-state index < -0.39 is 0 Å². The first-order valence-corrected chi connectivity index (χ1v) is 10.2. The van der Waals surface area contributed by atoms with Crippen molar-refractivity contribution in [3.8, 4) is 0 Å². The molecule has 0 aliphatic heterocycles. The number of halogens is 1. The molecule has 0 aliphatic rings. The standard InChI is InChI=1S/C18H30N6OS.HI/c1-6-19-18(21-10-16-22-14(11-26-16)12(2)3)20-9-7-8-15-23-17(13(4)5)24-25-15;/h11-13H,6-10H2,1-5H3,(H2,19,20,21);1H. The number of aromatic nitrogens is 3. The zero-order valence-corrected chi connectivity index (χ0v) is 19.9.